The zero-order chi connectivity index (χ0) is 9.61. The van der Waals surface area contributed by atoms with Gasteiger partial charge in [-0.2, -0.15) is 8.42 Å². The molecule has 0 heterocycles. The minimum Gasteiger partial charge on any atom is -0.391 e. The van der Waals surface area contributed by atoms with E-state index in [2.05, 4.69) is 4.18 Å². The summed E-state index contributed by atoms with van der Waals surface area (Å²) in [6.07, 6.45) is 2.76. The molecule has 0 aliphatic carbocycles. The van der Waals surface area contributed by atoms with Crippen LogP contribution in [0.15, 0.2) is 0 Å². The van der Waals surface area contributed by atoms with Gasteiger partial charge in [0.15, 0.2) is 0 Å². The lowest BCUT2D eigenvalue weighted by Gasteiger charge is -2.08. The molecule has 5 heteroatoms. The van der Waals surface area contributed by atoms with E-state index in [4.69, 9.17) is 5.11 Å². The highest BCUT2D eigenvalue weighted by Crippen LogP contribution is 2.01. The number of rotatable bonds is 6. The van der Waals surface area contributed by atoms with Gasteiger partial charge in [0.25, 0.3) is 10.1 Å². The van der Waals surface area contributed by atoms with Gasteiger partial charge in [-0.15, -0.1) is 0 Å². The first-order valence-electron chi connectivity index (χ1n) is 3.98. The van der Waals surface area contributed by atoms with Crippen molar-refractivity contribution in [1.82, 2.24) is 0 Å². The summed E-state index contributed by atoms with van der Waals surface area (Å²) >= 11 is 0. The summed E-state index contributed by atoms with van der Waals surface area (Å²) in [7, 11) is -3.40. The van der Waals surface area contributed by atoms with E-state index in [1.165, 1.54) is 0 Å². The molecule has 1 atom stereocenters. The predicted molar refractivity (Wildman–Crippen MR) is 46.3 cm³/mol. The molecule has 1 unspecified atom stereocenters. The smallest absolute Gasteiger partial charge is 0.264 e. The molecule has 0 aromatic rings. The van der Waals surface area contributed by atoms with E-state index in [0.717, 1.165) is 19.1 Å². The average Bonchev–Trinajstić information content (AvgIpc) is 1.95. The molecular weight excluding hydrogens is 180 g/mol. The zero-order valence-corrected chi connectivity index (χ0v) is 8.30. The van der Waals surface area contributed by atoms with Crippen LogP contribution in [-0.4, -0.2) is 32.5 Å². The van der Waals surface area contributed by atoms with Crippen LogP contribution in [0.25, 0.3) is 0 Å². The van der Waals surface area contributed by atoms with Crippen LogP contribution in [0.2, 0.25) is 0 Å². The molecule has 74 valence electrons. The third-order valence-corrected chi connectivity index (χ3v) is 1.93. The second-order valence-corrected chi connectivity index (χ2v) is 4.43. The minimum absolute atomic E-state index is 0.126. The van der Waals surface area contributed by atoms with E-state index in [0.29, 0.717) is 6.42 Å². The molecule has 4 nitrogen and oxygen atoms in total. The van der Waals surface area contributed by atoms with Crippen LogP contribution in [-0.2, 0) is 14.3 Å². The van der Waals surface area contributed by atoms with E-state index >= 15 is 0 Å². The molecule has 0 fully saturated rings. The SMILES string of the molecule is CCCCC(O)COS(C)(=O)=O. The highest BCUT2D eigenvalue weighted by molar-refractivity contribution is 7.85. The Balaban J connectivity index is 3.51. The Morgan fingerprint density at radius 3 is 2.50 bits per heavy atom. The third kappa shape index (κ3) is 7.97. The normalized spacial score (nSPS) is 14.6. The van der Waals surface area contributed by atoms with Crippen molar-refractivity contribution < 1.29 is 17.7 Å². The summed E-state index contributed by atoms with van der Waals surface area (Å²) in [5, 5.41) is 9.15. The van der Waals surface area contributed by atoms with E-state index < -0.39 is 16.2 Å². The molecular formula is C7H16O4S. The molecule has 0 aromatic carbocycles. The minimum atomic E-state index is -3.40. The monoisotopic (exact) mass is 196 g/mol. The molecule has 0 saturated heterocycles. The molecule has 1 N–H and O–H groups in total. The summed E-state index contributed by atoms with van der Waals surface area (Å²) in [6, 6.07) is 0. The summed E-state index contributed by atoms with van der Waals surface area (Å²) < 4.78 is 25.4. The Hall–Kier alpha value is -0.130. The lowest BCUT2D eigenvalue weighted by molar-refractivity contribution is 0.101. The van der Waals surface area contributed by atoms with Crippen LogP contribution in [0.5, 0.6) is 0 Å². The second-order valence-electron chi connectivity index (χ2n) is 2.78. The fourth-order valence-electron chi connectivity index (χ4n) is 0.725. The quantitative estimate of drug-likeness (QED) is 0.629. The first-order valence-corrected chi connectivity index (χ1v) is 5.80. The Bertz CT molecular complexity index is 197. The number of hydrogen-bond acceptors (Lipinski definition) is 4. The average molecular weight is 196 g/mol. The summed E-state index contributed by atoms with van der Waals surface area (Å²) in [5.41, 5.74) is 0. The number of hydrogen-bond donors (Lipinski definition) is 1. The molecule has 0 amide bonds. The maximum absolute atomic E-state index is 10.5. The number of aliphatic hydroxyl groups is 1. The van der Waals surface area contributed by atoms with Crippen molar-refractivity contribution in [2.45, 2.75) is 32.3 Å². The van der Waals surface area contributed by atoms with E-state index in [9.17, 15) is 8.42 Å². The van der Waals surface area contributed by atoms with Gasteiger partial charge in [0.2, 0.25) is 0 Å². The zero-order valence-electron chi connectivity index (χ0n) is 7.49. The van der Waals surface area contributed by atoms with E-state index in [1.54, 1.807) is 0 Å². The van der Waals surface area contributed by atoms with Crippen molar-refractivity contribution >= 4 is 10.1 Å². The van der Waals surface area contributed by atoms with Crippen molar-refractivity contribution in [1.29, 1.82) is 0 Å². The highest BCUT2D eigenvalue weighted by Gasteiger charge is 2.08. The second kappa shape index (κ2) is 5.50. The fourth-order valence-corrected chi connectivity index (χ4v) is 1.13. The molecule has 0 rings (SSSR count). The molecule has 0 aliphatic heterocycles. The predicted octanol–water partition coefficient (Wildman–Crippen LogP) is 0.514. The van der Waals surface area contributed by atoms with Crippen LogP contribution in [0.1, 0.15) is 26.2 Å². The fraction of sp³-hybridized carbons (Fsp3) is 1.00. The van der Waals surface area contributed by atoms with Crippen LogP contribution in [0.3, 0.4) is 0 Å². The summed E-state index contributed by atoms with van der Waals surface area (Å²) in [4.78, 5) is 0. The van der Waals surface area contributed by atoms with E-state index in [-0.39, 0.29) is 6.61 Å². The van der Waals surface area contributed by atoms with Crippen molar-refractivity contribution in [3.8, 4) is 0 Å². The van der Waals surface area contributed by atoms with Gasteiger partial charge in [-0.3, -0.25) is 4.18 Å². The topological polar surface area (TPSA) is 63.6 Å². The van der Waals surface area contributed by atoms with Crippen molar-refractivity contribution in [2.75, 3.05) is 12.9 Å². The van der Waals surface area contributed by atoms with Gasteiger partial charge in [-0.25, -0.2) is 0 Å². The lowest BCUT2D eigenvalue weighted by atomic mass is 10.2. The third-order valence-electron chi connectivity index (χ3n) is 1.37. The van der Waals surface area contributed by atoms with Gasteiger partial charge < -0.3 is 5.11 Å². The molecule has 0 bridgehead atoms. The molecule has 0 saturated carbocycles. The van der Waals surface area contributed by atoms with Crippen molar-refractivity contribution in [3.63, 3.8) is 0 Å². The van der Waals surface area contributed by atoms with E-state index in [1.807, 2.05) is 6.92 Å². The number of aliphatic hydroxyl groups excluding tert-OH is 1. The van der Waals surface area contributed by atoms with Crippen molar-refractivity contribution in [3.05, 3.63) is 0 Å². The first-order chi connectivity index (χ1) is 5.45. The summed E-state index contributed by atoms with van der Waals surface area (Å²) in [6.45, 7) is 1.88. The van der Waals surface area contributed by atoms with Crippen molar-refractivity contribution in [2.24, 2.45) is 0 Å². The summed E-state index contributed by atoms with van der Waals surface area (Å²) in [5.74, 6) is 0. The highest BCUT2D eigenvalue weighted by atomic mass is 32.2. The van der Waals surface area contributed by atoms with Crippen LogP contribution in [0.4, 0.5) is 0 Å². The van der Waals surface area contributed by atoms with Gasteiger partial charge in [0, 0.05) is 0 Å². The maximum Gasteiger partial charge on any atom is 0.264 e. The largest absolute Gasteiger partial charge is 0.391 e. The van der Waals surface area contributed by atoms with Gasteiger partial charge in [0.05, 0.1) is 19.0 Å². The Labute approximate surface area is 73.7 Å². The molecule has 12 heavy (non-hydrogen) atoms. The first kappa shape index (κ1) is 11.9. The van der Waals surface area contributed by atoms with Gasteiger partial charge in [0.1, 0.15) is 0 Å². The van der Waals surface area contributed by atoms with Crippen LogP contribution >= 0.6 is 0 Å². The Morgan fingerprint density at radius 1 is 1.50 bits per heavy atom. The van der Waals surface area contributed by atoms with Gasteiger partial charge in [-0.05, 0) is 6.42 Å². The Kier molecular flexibility index (Phi) is 5.44. The maximum atomic E-state index is 10.5. The van der Waals surface area contributed by atoms with Gasteiger partial charge in [-0.1, -0.05) is 19.8 Å². The lowest BCUT2D eigenvalue weighted by Crippen LogP contribution is -2.17. The van der Waals surface area contributed by atoms with Gasteiger partial charge >= 0.3 is 0 Å². The standard InChI is InChI=1S/C7H16O4S/c1-3-4-5-7(8)6-11-12(2,9)10/h7-8H,3-6H2,1-2H3. The molecule has 0 radical (unpaired) electrons. The van der Waals surface area contributed by atoms with Crippen LogP contribution in [0, 0.1) is 0 Å². The van der Waals surface area contributed by atoms with Crippen LogP contribution < -0.4 is 0 Å². The Morgan fingerprint density at radius 2 is 2.08 bits per heavy atom. The molecule has 0 spiro atoms. The molecule has 0 aromatic heterocycles. The molecule has 0 aliphatic rings. The number of unbranched alkanes of at least 4 members (excludes halogenated alkanes) is 1.